The molecule has 4 aromatic carbocycles. The molecule has 4 nitrogen and oxygen atoms in total. The average Bonchev–Trinajstić information content (AvgIpc) is 3.24. The van der Waals surface area contributed by atoms with Gasteiger partial charge in [0.15, 0.2) is 0 Å². The summed E-state index contributed by atoms with van der Waals surface area (Å²) in [5.41, 5.74) is 7.41. The average molecular weight is 501 g/mol. The molecule has 0 spiro atoms. The summed E-state index contributed by atoms with van der Waals surface area (Å²) < 4.78 is 17.0. The van der Waals surface area contributed by atoms with Crippen molar-refractivity contribution in [3.8, 4) is 22.6 Å². The number of rotatable bonds is 9. The van der Waals surface area contributed by atoms with Crippen molar-refractivity contribution in [1.82, 2.24) is 0 Å². The Balaban J connectivity index is 1.77. The molecule has 38 heavy (non-hydrogen) atoms. The van der Waals surface area contributed by atoms with Gasteiger partial charge < -0.3 is 19.2 Å². The van der Waals surface area contributed by atoms with Crippen molar-refractivity contribution in [2.45, 2.75) is 19.3 Å². The molecule has 0 atom stereocenters. The molecular formula is C32H31B2O4. The van der Waals surface area contributed by atoms with Crippen LogP contribution >= 0.6 is 0 Å². The first-order chi connectivity index (χ1) is 18.3. The molecule has 0 saturated heterocycles. The predicted octanol–water partition coefficient (Wildman–Crippen LogP) is 4.14. The molecule has 1 N–H and O–H groups in total. The van der Waals surface area contributed by atoms with Gasteiger partial charge in [-0.2, -0.15) is 0 Å². The minimum absolute atomic E-state index is 0.0495. The molecular weight excluding hydrogens is 470 g/mol. The van der Waals surface area contributed by atoms with Crippen LogP contribution in [0.2, 0.25) is 0 Å². The lowest BCUT2D eigenvalue weighted by Crippen LogP contribution is -2.31. The second kappa shape index (κ2) is 10.4. The lowest BCUT2D eigenvalue weighted by molar-refractivity contribution is 0.101. The van der Waals surface area contributed by atoms with Gasteiger partial charge in [-0.05, 0) is 63.1 Å². The molecule has 0 unspecified atom stereocenters. The van der Waals surface area contributed by atoms with Gasteiger partial charge in [0.05, 0.1) is 26.2 Å². The van der Waals surface area contributed by atoms with Crippen molar-refractivity contribution in [1.29, 1.82) is 0 Å². The maximum absolute atomic E-state index is 9.67. The summed E-state index contributed by atoms with van der Waals surface area (Å²) >= 11 is 0. The van der Waals surface area contributed by atoms with Gasteiger partial charge >= 0.3 is 7.48 Å². The molecule has 6 heteroatoms. The Morgan fingerprint density at radius 2 is 1.42 bits per heavy atom. The Labute approximate surface area is 227 Å². The van der Waals surface area contributed by atoms with Crippen LogP contribution in [0.4, 0.5) is 0 Å². The maximum Gasteiger partial charge on any atom is 0.330 e. The van der Waals surface area contributed by atoms with Gasteiger partial charge in [0.1, 0.15) is 19.3 Å². The molecule has 0 fully saturated rings. The first-order valence-electron chi connectivity index (χ1n) is 12.7. The number of methoxy groups -OCH3 is 2. The zero-order valence-corrected chi connectivity index (χ0v) is 22.3. The highest BCUT2D eigenvalue weighted by Gasteiger charge is 2.47. The Kier molecular flexibility index (Phi) is 7.13. The summed E-state index contributed by atoms with van der Waals surface area (Å²) in [7, 11) is 11.6. The van der Waals surface area contributed by atoms with Gasteiger partial charge in [-0.15, -0.1) is 0 Å². The van der Waals surface area contributed by atoms with Crippen LogP contribution in [0.5, 0.6) is 11.5 Å². The third-order valence-electron chi connectivity index (χ3n) is 7.38. The van der Waals surface area contributed by atoms with Crippen LogP contribution in [0.3, 0.4) is 0 Å². The van der Waals surface area contributed by atoms with Crippen molar-refractivity contribution in [2.24, 2.45) is 5.41 Å². The molecule has 0 bridgehead atoms. The molecule has 0 aliphatic heterocycles. The summed E-state index contributed by atoms with van der Waals surface area (Å²) in [6.07, 6.45) is 0. The third-order valence-corrected chi connectivity index (χ3v) is 7.38. The van der Waals surface area contributed by atoms with Crippen LogP contribution in [-0.4, -0.2) is 47.9 Å². The van der Waals surface area contributed by atoms with Gasteiger partial charge in [0.2, 0.25) is 0 Å². The summed E-state index contributed by atoms with van der Waals surface area (Å²) in [5.74, 6) is 1.60. The monoisotopic (exact) mass is 501 g/mol. The second-order valence-corrected chi connectivity index (χ2v) is 10.5. The van der Waals surface area contributed by atoms with Gasteiger partial charge in [-0.3, -0.25) is 0 Å². The summed E-state index contributed by atoms with van der Waals surface area (Å²) in [6.45, 7) is 4.41. The first kappa shape index (κ1) is 26.1. The molecule has 4 aromatic rings. The van der Waals surface area contributed by atoms with Crippen LogP contribution in [-0.2, 0) is 10.1 Å². The normalized spacial score (nSPS) is 13.5. The standard InChI is InChI=1S/C32H31B2O4/c1-31(2,19-35)20-38-34-29-7-5-6-27-30(29)26-17-12-23(33)18-28(26)32(27,21-8-13-24(36-3)14-9-21)22-10-15-25(37-4)16-11-22/h5-18,35H,19-20H2,1-4H3. The highest BCUT2D eigenvalue weighted by Crippen LogP contribution is 2.55. The van der Waals surface area contributed by atoms with Crippen molar-refractivity contribution in [3.63, 3.8) is 0 Å². The molecule has 0 heterocycles. The summed E-state index contributed by atoms with van der Waals surface area (Å²) in [5, 5.41) is 9.67. The molecule has 3 radical (unpaired) electrons. The maximum atomic E-state index is 9.67. The van der Waals surface area contributed by atoms with E-state index in [2.05, 4.69) is 54.6 Å². The number of fused-ring (bicyclic) bond motifs is 3. The topological polar surface area (TPSA) is 47.9 Å². The van der Waals surface area contributed by atoms with Crippen LogP contribution in [0.1, 0.15) is 36.1 Å². The van der Waals surface area contributed by atoms with E-state index in [-0.39, 0.29) is 12.0 Å². The summed E-state index contributed by atoms with van der Waals surface area (Å²) in [6, 6.07) is 29.0. The van der Waals surface area contributed by atoms with E-state index in [0.29, 0.717) is 12.1 Å². The molecule has 5 rings (SSSR count). The van der Waals surface area contributed by atoms with E-state index in [4.69, 9.17) is 22.0 Å². The second-order valence-electron chi connectivity index (χ2n) is 10.5. The third kappa shape index (κ3) is 4.42. The Morgan fingerprint density at radius 1 is 0.816 bits per heavy atom. The van der Waals surface area contributed by atoms with Crippen molar-refractivity contribution >= 4 is 26.3 Å². The van der Waals surface area contributed by atoms with Gasteiger partial charge in [-0.1, -0.05) is 80.0 Å². The van der Waals surface area contributed by atoms with Crippen LogP contribution in [0.25, 0.3) is 11.1 Å². The smallest absolute Gasteiger partial charge is 0.330 e. The number of aliphatic hydroxyl groups is 1. The fraction of sp³-hybridized carbons (Fsp3) is 0.250. The van der Waals surface area contributed by atoms with E-state index >= 15 is 0 Å². The van der Waals surface area contributed by atoms with Crippen LogP contribution < -0.4 is 20.4 Å². The number of benzene rings is 4. The fourth-order valence-electron chi connectivity index (χ4n) is 5.39. The van der Waals surface area contributed by atoms with Gasteiger partial charge in [-0.25, -0.2) is 0 Å². The van der Waals surface area contributed by atoms with Gasteiger partial charge in [0.25, 0.3) is 0 Å². The largest absolute Gasteiger partial charge is 0.497 e. The quantitative estimate of drug-likeness (QED) is 0.309. The molecule has 0 aromatic heterocycles. The van der Waals surface area contributed by atoms with E-state index in [1.165, 1.54) is 0 Å². The SMILES string of the molecule is [B]c1ccc2c(c1)C(c1ccc(OC)cc1)(c1ccc(OC)cc1)c1cccc([B]OCC(C)(C)CO)c1-2. The van der Waals surface area contributed by atoms with Crippen molar-refractivity contribution in [2.75, 3.05) is 27.4 Å². The van der Waals surface area contributed by atoms with Gasteiger partial charge in [0, 0.05) is 12.0 Å². The predicted molar refractivity (Wildman–Crippen MR) is 154 cm³/mol. The molecule has 0 saturated carbocycles. The van der Waals surface area contributed by atoms with E-state index in [1.54, 1.807) is 14.2 Å². The van der Waals surface area contributed by atoms with Crippen molar-refractivity contribution < 1.29 is 19.2 Å². The lowest BCUT2D eigenvalue weighted by atomic mass is 9.66. The zero-order chi connectivity index (χ0) is 26.9. The fourth-order valence-corrected chi connectivity index (χ4v) is 5.39. The Bertz CT molecular complexity index is 1380. The minimum Gasteiger partial charge on any atom is -0.497 e. The number of ether oxygens (including phenoxy) is 2. The van der Waals surface area contributed by atoms with Crippen LogP contribution in [0, 0.1) is 5.41 Å². The number of hydrogen-bond acceptors (Lipinski definition) is 4. The van der Waals surface area contributed by atoms with E-state index in [0.717, 1.165) is 50.3 Å². The summed E-state index contributed by atoms with van der Waals surface area (Å²) in [4.78, 5) is 0. The van der Waals surface area contributed by atoms with E-state index in [9.17, 15) is 5.11 Å². The molecule has 189 valence electrons. The molecule has 1 aliphatic rings. The molecule has 0 amide bonds. The molecule has 1 aliphatic carbocycles. The zero-order valence-electron chi connectivity index (χ0n) is 22.3. The minimum atomic E-state index is -0.618. The van der Waals surface area contributed by atoms with E-state index < -0.39 is 5.41 Å². The Hall–Kier alpha value is -3.47. The first-order valence-corrected chi connectivity index (χ1v) is 12.7. The van der Waals surface area contributed by atoms with Crippen LogP contribution in [0.15, 0.2) is 84.9 Å². The number of hydrogen-bond donors (Lipinski definition) is 1. The number of aliphatic hydroxyl groups excluding tert-OH is 1. The van der Waals surface area contributed by atoms with E-state index in [1.807, 2.05) is 51.7 Å². The highest BCUT2D eigenvalue weighted by molar-refractivity contribution is 6.50. The Morgan fingerprint density at radius 3 is 1.97 bits per heavy atom. The lowest BCUT2D eigenvalue weighted by Gasteiger charge is -2.34. The van der Waals surface area contributed by atoms with Crippen molar-refractivity contribution in [3.05, 3.63) is 107 Å². The highest BCUT2D eigenvalue weighted by atomic mass is 16.5.